The van der Waals surface area contributed by atoms with E-state index in [0.717, 1.165) is 10.6 Å². The molecule has 0 aliphatic heterocycles. The van der Waals surface area contributed by atoms with Crippen LogP contribution >= 0.6 is 11.3 Å². The van der Waals surface area contributed by atoms with E-state index in [1.165, 1.54) is 11.3 Å². The van der Waals surface area contributed by atoms with E-state index < -0.39 is 23.7 Å². The van der Waals surface area contributed by atoms with Gasteiger partial charge >= 0.3 is 12.1 Å². The van der Waals surface area contributed by atoms with E-state index in [-0.39, 0.29) is 6.42 Å². The summed E-state index contributed by atoms with van der Waals surface area (Å²) in [5, 5.41) is 12.1. The van der Waals surface area contributed by atoms with Crippen LogP contribution in [0.3, 0.4) is 0 Å². The van der Waals surface area contributed by atoms with Crippen LogP contribution in [0.5, 0.6) is 0 Å². The molecular weight excluding hydrogens is 280 g/mol. The molecule has 0 aliphatic rings. The molecule has 0 spiro atoms. The maximum atomic E-state index is 11.8. The monoisotopic (exact) mass is 300 g/mol. The number of thiazole rings is 1. The van der Waals surface area contributed by atoms with E-state index in [4.69, 9.17) is 9.84 Å². The second-order valence-corrected chi connectivity index (χ2v) is 6.73. The summed E-state index contributed by atoms with van der Waals surface area (Å²) in [6.07, 6.45) is -0.875. The van der Waals surface area contributed by atoms with Crippen LogP contribution < -0.4 is 5.32 Å². The number of carbonyl (C=O) groups excluding carboxylic acids is 1. The van der Waals surface area contributed by atoms with Gasteiger partial charge in [-0.3, -0.25) is 4.79 Å². The molecule has 0 aromatic carbocycles. The lowest BCUT2D eigenvalue weighted by Gasteiger charge is -2.22. The molecule has 1 aromatic heterocycles. The molecule has 1 atom stereocenters. The summed E-state index contributed by atoms with van der Waals surface area (Å²) in [6, 6.07) is -0.681. The second kappa shape index (κ2) is 6.21. The molecule has 20 heavy (non-hydrogen) atoms. The van der Waals surface area contributed by atoms with Crippen molar-refractivity contribution in [3.8, 4) is 0 Å². The summed E-state index contributed by atoms with van der Waals surface area (Å²) in [6.45, 7) is 8.99. The first-order chi connectivity index (χ1) is 9.08. The topological polar surface area (TPSA) is 88.5 Å². The smallest absolute Gasteiger partial charge is 0.408 e. The first kappa shape index (κ1) is 16.4. The van der Waals surface area contributed by atoms with Gasteiger partial charge in [0.05, 0.1) is 18.2 Å². The number of carboxylic acid groups (broad SMARTS) is 1. The minimum atomic E-state index is -1.00. The molecule has 0 aliphatic carbocycles. The van der Waals surface area contributed by atoms with Crippen LogP contribution in [0.1, 0.15) is 48.8 Å². The molecule has 1 amide bonds. The summed E-state index contributed by atoms with van der Waals surface area (Å²) in [5.41, 5.74) is 0.207. The lowest BCUT2D eigenvalue weighted by Crippen LogP contribution is -2.35. The number of rotatable bonds is 4. The third-order valence-electron chi connectivity index (χ3n) is 2.41. The van der Waals surface area contributed by atoms with E-state index in [0.29, 0.717) is 5.01 Å². The number of ether oxygens (including phenoxy) is 1. The Balaban J connectivity index is 2.85. The van der Waals surface area contributed by atoms with Gasteiger partial charge in [-0.05, 0) is 34.6 Å². The zero-order valence-electron chi connectivity index (χ0n) is 12.3. The van der Waals surface area contributed by atoms with Gasteiger partial charge in [0.2, 0.25) is 0 Å². The Labute approximate surface area is 122 Å². The average Bonchev–Trinajstić information content (AvgIpc) is 2.54. The number of aromatic nitrogens is 1. The Hall–Kier alpha value is -1.63. The first-order valence-corrected chi connectivity index (χ1v) is 7.05. The Morgan fingerprint density at radius 2 is 2.00 bits per heavy atom. The number of amides is 1. The van der Waals surface area contributed by atoms with Crippen molar-refractivity contribution in [3.63, 3.8) is 0 Å². The number of hydrogen-bond donors (Lipinski definition) is 2. The van der Waals surface area contributed by atoms with E-state index in [2.05, 4.69) is 10.3 Å². The molecule has 1 aromatic rings. The van der Waals surface area contributed by atoms with Gasteiger partial charge in [0, 0.05) is 4.88 Å². The Bertz CT molecular complexity index is 485. The third kappa shape index (κ3) is 5.16. The van der Waals surface area contributed by atoms with Crippen LogP contribution in [0.15, 0.2) is 0 Å². The van der Waals surface area contributed by atoms with E-state index >= 15 is 0 Å². The van der Waals surface area contributed by atoms with Crippen molar-refractivity contribution in [1.29, 1.82) is 0 Å². The molecular formula is C13H20N2O4S. The van der Waals surface area contributed by atoms with Gasteiger partial charge in [-0.15, -0.1) is 11.3 Å². The van der Waals surface area contributed by atoms with Gasteiger partial charge in [0.15, 0.2) is 0 Å². The predicted octanol–water partition coefficient (Wildman–Crippen LogP) is 2.80. The molecule has 0 fully saturated rings. The predicted molar refractivity (Wildman–Crippen MR) is 76.0 cm³/mol. The number of nitrogens with zero attached hydrogens (tertiary/aromatic N) is 1. The quantitative estimate of drug-likeness (QED) is 0.892. The maximum absolute atomic E-state index is 11.8. The molecule has 1 rings (SSSR count). The Morgan fingerprint density at radius 3 is 2.40 bits per heavy atom. The Kier molecular flexibility index (Phi) is 5.10. The van der Waals surface area contributed by atoms with Crippen molar-refractivity contribution in [1.82, 2.24) is 10.3 Å². The lowest BCUT2D eigenvalue weighted by molar-refractivity contribution is -0.137. The normalized spacial score (nSPS) is 12.8. The van der Waals surface area contributed by atoms with Crippen LogP contribution in [0.4, 0.5) is 4.79 Å². The fraction of sp³-hybridized carbons (Fsp3) is 0.615. The van der Waals surface area contributed by atoms with Crippen molar-refractivity contribution in [2.45, 2.75) is 52.7 Å². The fourth-order valence-corrected chi connectivity index (χ4v) is 2.45. The summed E-state index contributed by atoms with van der Waals surface area (Å²) in [4.78, 5) is 28.0. The van der Waals surface area contributed by atoms with Gasteiger partial charge < -0.3 is 15.2 Å². The summed E-state index contributed by atoms with van der Waals surface area (Å²) < 4.78 is 5.14. The van der Waals surface area contributed by atoms with Crippen molar-refractivity contribution >= 4 is 23.4 Å². The number of aliphatic carboxylic acids is 1. The zero-order valence-corrected chi connectivity index (χ0v) is 13.1. The van der Waals surface area contributed by atoms with Crippen LogP contribution in [-0.2, 0) is 9.53 Å². The van der Waals surface area contributed by atoms with Crippen LogP contribution in [-0.4, -0.2) is 27.8 Å². The number of alkyl carbamates (subject to hydrolysis) is 1. The molecule has 0 saturated heterocycles. The number of aryl methyl sites for hydroxylation is 2. The summed E-state index contributed by atoms with van der Waals surface area (Å²) in [7, 11) is 0. The van der Waals surface area contributed by atoms with Crippen LogP contribution in [0.2, 0.25) is 0 Å². The molecule has 112 valence electrons. The highest BCUT2D eigenvalue weighted by Gasteiger charge is 2.24. The van der Waals surface area contributed by atoms with Crippen molar-refractivity contribution in [3.05, 3.63) is 15.6 Å². The van der Waals surface area contributed by atoms with Gasteiger partial charge in [0.25, 0.3) is 0 Å². The maximum Gasteiger partial charge on any atom is 0.408 e. The molecule has 0 saturated carbocycles. The Morgan fingerprint density at radius 1 is 1.40 bits per heavy atom. The zero-order chi connectivity index (χ0) is 15.5. The highest BCUT2D eigenvalue weighted by Crippen LogP contribution is 2.25. The van der Waals surface area contributed by atoms with Crippen molar-refractivity contribution < 1.29 is 19.4 Å². The molecule has 0 radical (unpaired) electrons. The van der Waals surface area contributed by atoms with Gasteiger partial charge in [-0.2, -0.15) is 0 Å². The molecule has 2 N–H and O–H groups in total. The second-order valence-electron chi connectivity index (χ2n) is 5.49. The number of carbonyl (C=O) groups is 2. The van der Waals surface area contributed by atoms with Crippen molar-refractivity contribution in [2.24, 2.45) is 0 Å². The van der Waals surface area contributed by atoms with E-state index in [9.17, 15) is 9.59 Å². The van der Waals surface area contributed by atoms with E-state index in [1.54, 1.807) is 20.8 Å². The van der Waals surface area contributed by atoms with Crippen LogP contribution in [0, 0.1) is 13.8 Å². The van der Waals surface area contributed by atoms with Gasteiger partial charge in [-0.1, -0.05) is 0 Å². The van der Waals surface area contributed by atoms with Gasteiger partial charge in [0.1, 0.15) is 10.6 Å². The molecule has 7 heteroatoms. The van der Waals surface area contributed by atoms with Crippen molar-refractivity contribution in [2.75, 3.05) is 0 Å². The minimum absolute atomic E-state index is 0.231. The largest absolute Gasteiger partial charge is 0.481 e. The summed E-state index contributed by atoms with van der Waals surface area (Å²) in [5.74, 6) is -1.00. The first-order valence-electron chi connectivity index (χ1n) is 6.23. The number of carboxylic acids is 1. The highest BCUT2D eigenvalue weighted by molar-refractivity contribution is 7.11. The average molecular weight is 300 g/mol. The number of nitrogens with one attached hydrogen (secondary N) is 1. The summed E-state index contributed by atoms with van der Waals surface area (Å²) >= 11 is 1.38. The SMILES string of the molecule is Cc1nc([C@@H](CC(=O)O)NC(=O)OC(C)(C)C)sc1C. The number of hydrogen-bond acceptors (Lipinski definition) is 5. The highest BCUT2D eigenvalue weighted by atomic mass is 32.1. The molecule has 0 bridgehead atoms. The fourth-order valence-electron chi connectivity index (χ4n) is 1.47. The van der Waals surface area contributed by atoms with Gasteiger partial charge in [-0.25, -0.2) is 9.78 Å². The molecule has 0 unspecified atom stereocenters. The lowest BCUT2D eigenvalue weighted by atomic mass is 10.2. The molecule has 1 heterocycles. The van der Waals surface area contributed by atoms with E-state index in [1.807, 2.05) is 13.8 Å². The third-order valence-corrected chi connectivity index (χ3v) is 3.60. The van der Waals surface area contributed by atoms with Crippen LogP contribution in [0.25, 0.3) is 0 Å². The minimum Gasteiger partial charge on any atom is -0.481 e. The molecule has 6 nitrogen and oxygen atoms in total. The standard InChI is InChI=1S/C13H20N2O4S/c1-7-8(2)20-11(14-7)9(6-10(16)17)15-12(18)19-13(3,4)5/h9H,6H2,1-5H3,(H,15,18)(H,16,17)/t9-/m1/s1.